The van der Waals surface area contributed by atoms with Crippen molar-refractivity contribution in [3.05, 3.63) is 29.3 Å². The Kier molecular flexibility index (Phi) is 3.89. The summed E-state index contributed by atoms with van der Waals surface area (Å²) in [6.07, 6.45) is 0.230. The monoisotopic (exact) mass is 235 g/mol. The second-order valence-electron chi connectivity index (χ2n) is 4.82. The minimum absolute atomic E-state index is 0.529. The van der Waals surface area contributed by atoms with E-state index in [0.717, 1.165) is 11.8 Å². The van der Waals surface area contributed by atoms with Gasteiger partial charge in [-0.3, -0.25) is 10.1 Å². The lowest BCUT2D eigenvalue weighted by molar-refractivity contribution is 0.0635. The van der Waals surface area contributed by atoms with Gasteiger partial charge in [0.15, 0.2) is 0 Å². The first-order chi connectivity index (χ1) is 7.81. The van der Waals surface area contributed by atoms with Crippen molar-refractivity contribution < 1.29 is 14.3 Å². The molecule has 1 aromatic carbocycles. The summed E-state index contributed by atoms with van der Waals surface area (Å²) >= 11 is 0. The molecule has 0 heterocycles. The Morgan fingerprint density at radius 2 is 2.00 bits per heavy atom. The highest BCUT2D eigenvalue weighted by Gasteiger charge is 2.16. The third-order valence-electron chi connectivity index (χ3n) is 2.05. The third-order valence-corrected chi connectivity index (χ3v) is 2.05. The van der Waals surface area contributed by atoms with Crippen molar-refractivity contribution in [3.8, 4) is 0 Å². The lowest BCUT2D eigenvalue weighted by atomic mass is 10.1. The van der Waals surface area contributed by atoms with Crippen molar-refractivity contribution in [2.24, 2.45) is 0 Å². The molecule has 0 radical (unpaired) electrons. The highest BCUT2D eigenvalue weighted by molar-refractivity contribution is 5.87. The minimum atomic E-state index is -0.539. The zero-order chi connectivity index (χ0) is 13.1. The van der Waals surface area contributed by atoms with Crippen LogP contribution in [0.25, 0.3) is 0 Å². The van der Waals surface area contributed by atoms with E-state index in [2.05, 4.69) is 5.32 Å². The molecule has 1 rings (SSSR count). The second kappa shape index (κ2) is 4.99. The molecule has 0 saturated heterocycles. The standard InChI is InChI=1S/C13H17NO3/c1-9-5-6-11(7-10(9)8-15)14-12(16)17-13(2,3)4/h5-8H,1-4H3,(H,14,16). The minimum Gasteiger partial charge on any atom is -0.444 e. The first kappa shape index (κ1) is 13.2. The fraction of sp³-hybridized carbons (Fsp3) is 0.385. The molecule has 0 atom stereocenters. The SMILES string of the molecule is Cc1ccc(NC(=O)OC(C)(C)C)cc1C=O. The van der Waals surface area contributed by atoms with E-state index >= 15 is 0 Å². The molecule has 17 heavy (non-hydrogen) atoms. The van der Waals surface area contributed by atoms with Crippen LogP contribution in [0.4, 0.5) is 10.5 Å². The van der Waals surface area contributed by atoms with Crippen molar-refractivity contribution in [1.29, 1.82) is 0 Å². The van der Waals surface area contributed by atoms with Gasteiger partial charge in [-0.15, -0.1) is 0 Å². The number of nitrogens with one attached hydrogen (secondary N) is 1. The second-order valence-corrected chi connectivity index (χ2v) is 4.82. The molecular weight excluding hydrogens is 218 g/mol. The van der Waals surface area contributed by atoms with Crippen LogP contribution in [0.1, 0.15) is 36.7 Å². The van der Waals surface area contributed by atoms with Crippen molar-refractivity contribution in [1.82, 2.24) is 0 Å². The zero-order valence-corrected chi connectivity index (χ0v) is 10.5. The van der Waals surface area contributed by atoms with Crippen molar-refractivity contribution in [2.75, 3.05) is 5.32 Å². The molecule has 4 nitrogen and oxygen atoms in total. The van der Waals surface area contributed by atoms with Gasteiger partial charge in [0.25, 0.3) is 0 Å². The van der Waals surface area contributed by atoms with E-state index in [-0.39, 0.29) is 0 Å². The number of hydrogen-bond acceptors (Lipinski definition) is 3. The topological polar surface area (TPSA) is 55.4 Å². The summed E-state index contributed by atoms with van der Waals surface area (Å²) in [5, 5.41) is 2.58. The van der Waals surface area contributed by atoms with Gasteiger partial charge in [-0.2, -0.15) is 0 Å². The molecule has 0 spiro atoms. The molecule has 92 valence electrons. The summed E-state index contributed by atoms with van der Waals surface area (Å²) in [5.41, 5.74) is 1.43. The van der Waals surface area contributed by atoms with E-state index in [4.69, 9.17) is 4.74 Å². The van der Waals surface area contributed by atoms with Crippen LogP contribution in [0, 0.1) is 6.92 Å². The van der Waals surface area contributed by atoms with Crippen molar-refractivity contribution in [3.63, 3.8) is 0 Å². The average molecular weight is 235 g/mol. The summed E-state index contributed by atoms with van der Waals surface area (Å²) < 4.78 is 5.11. The molecule has 0 fully saturated rings. The van der Waals surface area contributed by atoms with E-state index in [0.29, 0.717) is 11.3 Å². The lowest BCUT2D eigenvalue weighted by Crippen LogP contribution is -2.27. The summed E-state index contributed by atoms with van der Waals surface area (Å²) in [6, 6.07) is 5.12. The number of aryl methyl sites for hydroxylation is 1. The summed E-state index contributed by atoms with van der Waals surface area (Å²) in [5.74, 6) is 0. The van der Waals surface area contributed by atoms with Gasteiger partial charge < -0.3 is 4.74 Å². The molecule has 1 aromatic rings. The van der Waals surface area contributed by atoms with Crippen molar-refractivity contribution in [2.45, 2.75) is 33.3 Å². The van der Waals surface area contributed by atoms with Gasteiger partial charge in [0.2, 0.25) is 0 Å². The number of anilines is 1. The molecule has 0 aliphatic carbocycles. The summed E-state index contributed by atoms with van der Waals surface area (Å²) in [4.78, 5) is 22.2. The number of rotatable bonds is 2. The third kappa shape index (κ3) is 4.26. The Balaban J connectivity index is 2.75. The van der Waals surface area contributed by atoms with Gasteiger partial charge in [0.05, 0.1) is 0 Å². The average Bonchev–Trinajstić information content (AvgIpc) is 2.18. The Morgan fingerprint density at radius 3 is 2.53 bits per heavy atom. The maximum atomic E-state index is 11.5. The zero-order valence-electron chi connectivity index (χ0n) is 10.5. The number of carbonyl (C=O) groups excluding carboxylic acids is 2. The number of benzene rings is 1. The van der Waals surface area contributed by atoms with Crippen LogP contribution in [-0.2, 0) is 4.74 Å². The number of carbonyl (C=O) groups is 2. The van der Waals surface area contributed by atoms with Gasteiger partial charge in [0.1, 0.15) is 11.9 Å². The van der Waals surface area contributed by atoms with Crippen LogP contribution < -0.4 is 5.32 Å². The lowest BCUT2D eigenvalue weighted by Gasteiger charge is -2.19. The molecule has 0 saturated carbocycles. The molecule has 0 aromatic heterocycles. The summed E-state index contributed by atoms with van der Waals surface area (Å²) in [7, 11) is 0. The van der Waals surface area contributed by atoms with Gasteiger partial charge in [-0.1, -0.05) is 6.07 Å². The van der Waals surface area contributed by atoms with Gasteiger partial charge in [0, 0.05) is 11.3 Å². The van der Waals surface area contributed by atoms with Crippen LogP contribution >= 0.6 is 0 Å². The highest BCUT2D eigenvalue weighted by Crippen LogP contribution is 2.15. The van der Waals surface area contributed by atoms with Gasteiger partial charge in [-0.25, -0.2) is 4.79 Å². The normalized spacial score (nSPS) is 10.8. The van der Waals surface area contributed by atoms with Crippen LogP contribution in [0.5, 0.6) is 0 Å². The number of hydrogen-bond donors (Lipinski definition) is 1. The molecule has 0 aliphatic heterocycles. The molecule has 0 unspecified atom stereocenters. The predicted molar refractivity (Wildman–Crippen MR) is 66.4 cm³/mol. The number of amides is 1. The first-order valence-corrected chi connectivity index (χ1v) is 5.37. The first-order valence-electron chi connectivity index (χ1n) is 5.37. The molecule has 1 amide bonds. The molecule has 0 aliphatic rings. The maximum absolute atomic E-state index is 11.5. The quantitative estimate of drug-likeness (QED) is 0.801. The fourth-order valence-electron chi connectivity index (χ4n) is 1.27. The van der Waals surface area contributed by atoms with E-state index in [9.17, 15) is 9.59 Å². The highest BCUT2D eigenvalue weighted by atomic mass is 16.6. The Labute approximate surface area is 101 Å². The van der Waals surface area contributed by atoms with Crippen LogP contribution in [0.3, 0.4) is 0 Å². The largest absolute Gasteiger partial charge is 0.444 e. The molecule has 1 N–H and O–H groups in total. The number of aldehydes is 1. The smallest absolute Gasteiger partial charge is 0.412 e. The molecular formula is C13H17NO3. The Bertz CT molecular complexity index is 433. The van der Waals surface area contributed by atoms with E-state index in [1.54, 1.807) is 39.0 Å². The van der Waals surface area contributed by atoms with Crippen LogP contribution in [0.15, 0.2) is 18.2 Å². The Hall–Kier alpha value is -1.84. The van der Waals surface area contributed by atoms with Crippen molar-refractivity contribution >= 4 is 18.1 Å². The van der Waals surface area contributed by atoms with Crippen LogP contribution in [-0.4, -0.2) is 18.0 Å². The molecule has 4 heteroatoms. The predicted octanol–water partition coefficient (Wildman–Crippen LogP) is 3.15. The summed E-state index contributed by atoms with van der Waals surface area (Å²) in [6.45, 7) is 7.21. The van der Waals surface area contributed by atoms with E-state index in [1.807, 2.05) is 6.92 Å². The van der Waals surface area contributed by atoms with Gasteiger partial charge in [-0.05, 0) is 45.4 Å². The maximum Gasteiger partial charge on any atom is 0.412 e. The van der Waals surface area contributed by atoms with Crippen LogP contribution in [0.2, 0.25) is 0 Å². The van der Waals surface area contributed by atoms with E-state index < -0.39 is 11.7 Å². The van der Waals surface area contributed by atoms with Gasteiger partial charge >= 0.3 is 6.09 Å². The fourth-order valence-corrected chi connectivity index (χ4v) is 1.27. The van der Waals surface area contributed by atoms with E-state index in [1.165, 1.54) is 0 Å². The Morgan fingerprint density at radius 1 is 1.35 bits per heavy atom. The molecule has 0 bridgehead atoms. The number of ether oxygens (including phenoxy) is 1.